The van der Waals surface area contributed by atoms with E-state index in [0.717, 1.165) is 26.1 Å². The van der Waals surface area contributed by atoms with Crippen LogP contribution in [0.5, 0.6) is 0 Å². The number of benzene rings is 1. The number of ether oxygens (including phenoxy) is 1. The summed E-state index contributed by atoms with van der Waals surface area (Å²) in [4.78, 5) is 0. The number of halogens is 1. The highest BCUT2D eigenvalue weighted by atomic mass is 35.5. The lowest BCUT2D eigenvalue weighted by atomic mass is 10.1. The fraction of sp³-hybridized carbons (Fsp3) is 0.500. The first-order valence-corrected chi connectivity index (χ1v) is 5.22. The molecule has 1 fully saturated rings. The molecular formula is C12H18ClNO. The highest BCUT2D eigenvalue weighted by Crippen LogP contribution is 2.09. The second kappa shape index (κ2) is 6.11. The van der Waals surface area contributed by atoms with Crippen molar-refractivity contribution < 1.29 is 4.74 Å². The Morgan fingerprint density at radius 3 is 3.00 bits per heavy atom. The Bertz CT molecular complexity index is 297. The van der Waals surface area contributed by atoms with Crippen LogP contribution in [-0.2, 0) is 11.3 Å². The van der Waals surface area contributed by atoms with Gasteiger partial charge < -0.3 is 10.1 Å². The van der Waals surface area contributed by atoms with E-state index in [2.05, 4.69) is 36.5 Å². The minimum absolute atomic E-state index is 0. The van der Waals surface area contributed by atoms with Gasteiger partial charge in [-0.2, -0.15) is 0 Å². The van der Waals surface area contributed by atoms with Gasteiger partial charge in [-0.15, -0.1) is 12.4 Å². The number of aryl methyl sites for hydroxylation is 1. The molecule has 2 rings (SSSR count). The molecule has 84 valence electrons. The van der Waals surface area contributed by atoms with Gasteiger partial charge in [-0.1, -0.05) is 29.8 Å². The van der Waals surface area contributed by atoms with E-state index in [9.17, 15) is 0 Å². The standard InChI is InChI=1S/C12H17NO.ClH/c1-10-3-2-4-11(7-10)9-14-12-5-6-13-8-12;/h2-4,7,12-13H,5-6,8-9H2,1H3;1H/t12-;/m1./s1. The van der Waals surface area contributed by atoms with E-state index in [1.165, 1.54) is 11.1 Å². The molecule has 0 bridgehead atoms. The SMILES string of the molecule is Cc1cccc(CO[C@@H]2CCNC2)c1.Cl. The third-order valence-electron chi connectivity index (χ3n) is 2.58. The number of hydrogen-bond acceptors (Lipinski definition) is 2. The first kappa shape index (κ1) is 12.5. The van der Waals surface area contributed by atoms with Crippen LogP contribution in [-0.4, -0.2) is 19.2 Å². The summed E-state index contributed by atoms with van der Waals surface area (Å²) >= 11 is 0. The Balaban J connectivity index is 0.00000112. The van der Waals surface area contributed by atoms with E-state index in [-0.39, 0.29) is 12.4 Å². The molecule has 0 unspecified atom stereocenters. The minimum atomic E-state index is 0. The summed E-state index contributed by atoms with van der Waals surface area (Å²) in [6, 6.07) is 8.50. The average molecular weight is 228 g/mol. The first-order chi connectivity index (χ1) is 6.84. The highest BCUT2D eigenvalue weighted by molar-refractivity contribution is 5.85. The molecule has 2 nitrogen and oxygen atoms in total. The van der Waals surface area contributed by atoms with Crippen molar-refractivity contribution >= 4 is 12.4 Å². The summed E-state index contributed by atoms with van der Waals surface area (Å²) in [5.74, 6) is 0. The predicted molar refractivity (Wildman–Crippen MR) is 64.5 cm³/mol. The van der Waals surface area contributed by atoms with Crippen molar-refractivity contribution in [2.45, 2.75) is 26.1 Å². The molecule has 3 heteroatoms. The molecule has 0 saturated carbocycles. The van der Waals surface area contributed by atoms with Crippen LogP contribution in [0.25, 0.3) is 0 Å². The summed E-state index contributed by atoms with van der Waals surface area (Å²) < 4.78 is 5.78. The molecule has 1 aliphatic heterocycles. The van der Waals surface area contributed by atoms with Crippen molar-refractivity contribution in [1.29, 1.82) is 0 Å². The van der Waals surface area contributed by atoms with E-state index in [1.54, 1.807) is 0 Å². The molecule has 0 radical (unpaired) electrons. The van der Waals surface area contributed by atoms with Crippen molar-refractivity contribution in [2.24, 2.45) is 0 Å². The maximum Gasteiger partial charge on any atom is 0.0721 e. The number of hydrogen-bond donors (Lipinski definition) is 1. The largest absolute Gasteiger partial charge is 0.372 e. The zero-order chi connectivity index (χ0) is 9.80. The maximum absolute atomic E-state index is 5.78. The van der Waals surface area contributed by atoms with E-state index >= 15 is 0 Å². The molecule has 15 heavy (non-hydrogen) atoms. The smallest absolute Gasteiger partial charge is 0.0721 e. The lowest BCUT2D eigenvalue weighted by Gasteiger charge is -2.10. The number of nitrogens with one attached hydrogen (secondary N) is 1. The Morgan fingerprint density at radius 1 is 1.47 bits per heavy atom. The van der Waals surface area contributed by atoms with Gasteiger partial charge in [0.05, 0.1) is 12.7 Å². The quantitative estimate of drug-likeness (QED) is 0.856. The maximum atomic E-state index is 5.78. The van der Waals surface area contributed by atoms with Gasteiger partial charge in [-0.05, 0) is 25.5 Å². The Hall–Kier alpha value is -0.570. The van der Waals surface area contributed by atoms with Gasteiger partial charge in [0, 0.05) is 6.54 Å². The van der Waals surface area contributed by atoms with Crippen LogP contribution in [0.2, 0.25) is 0 Å². The molecule has 1 aromatic carbocycles. The average Bonchev–Trinajstić information content (AvgIpc) is 2.67. The zero-order valence-electron chi connectivity index (χ0n) is 9.03. The van der Waals surface area contributed by atoms with Crippen molar-refractivity contribution in [3.05, 3.63) is 35.4 Å². The Labute approximate surface area is 97.4 Å². The van der Waals surface area contributed by atoms with E-state index < -0.39 is 0 Å². The van der Waals surface area contributed by atoms with Gasteiger partial charge in [0.15, 0.2) is 0 Å². The van der Waals surface area contributed by atoms with Crippen LogP contribution in [0.15, 0.2) is 24.3 Å². The molecule has 1 saturated heterocycles. The van der Waals surface area contributed by atoms with Crippen LogP contribution in [0.1, 0.15) is 17.5 Å². The van der Waals surface area contributed by atoms with Crippen LogP contribution in [0.4, 0.5) is 0 Å². The molecule has 0 aliphatic carbocycles. The summed E-state index contributed by atoms with van der Waals surface area (Å²) in [5.41, 5.74) is 2.58. The van der Waals surface area contributed by atoms with Gasteiger partial charge in [0.25, 0.3) is 0 Å². The Kier molecular flexibility index (Phi) is 5.09. The third kappa shape index (κ3) is 3.82. The molecule has 0 spiro atoms. The van der Waals surface area contributed by atoms with Gasteiger partial charge in [0.2, 0.25) is 0 Å². The zero-order valence-corrected chi connectivity index (χ0v) is 9.85. The predicted octanol–water partition coefficient (Wildman–Crippen LogP) is 2.30. The fourth-order valence-corrected chi connectivity index (χ4v) is 1.79. The normalized spacial score (nSPS) is 19.9. The molecule has 1 aromatic rings. The van der Waals surface area contributed by atoms with E-state index in [4.69, 9.17) is 4.74 Å². The summed E-state index contributed by atoms with van der Waals surface area (Å²) in [7, 11) is 0. The topological polar surface area (TPSA) is 21.3 Å². The van der Waals surface area contributed by atoms with Crippen molar-refractivity contribution in [3.63, 3.8) is 0 Å². The van der Waals surface area contributed by atoms with Crippen LogP contribution >= 0.6 is 12.4 Å². The fourth-order valence-electron chi connectivity index (χ4n) is 1.79. The molecule has 1 heterocycles. The Morgan fingerprint density at radius 2 is 2.33 bits per heavy atom. The lowest BCUT2D eigenvalue weighted by Crippen LogP contribution is -2.16. The monoisotopic (exact) mass is 227 g/mol. The molecule has 0 amide bonds. The molecular weight excluding hydrogens is 210 g/mol. The van der Waals surface area contributed by atoms with Crippen molar-refractivity contribution in [2.75, 3.05) is 13.1 Å². The van der Waals surface area contributed by atoms with Crippen LogP contribution in [0.3, 0.4) is 0 Å². The van der Waals surface area contributed by atoms with Gasteiger partial charge in [0.1, 0.15) is 0 Å². The van der Waals surface area contributed by atoms with Gasteiger partial charge in [-0.3, -0.25) is 0 Å². The van der Waals surface area contributed by atoms with Gasteiger partial charge >= 0.3 is 0 Å². The summed E-state index contributed by atoms with van der Waals surface area (Å²) in [6.45, 7) is 4.96. The molecule has 1 atom stereocenters. The lowest BCUT2D eigenvalue weighted by molar-refractivity contribution is 0.0542. The summed E-state index contributed by atoms with van der Waals surface area (Å²) in [6.07, 6.45) is 1.56. The van der Waals surface area contributed by atoms with E-state index in [0.29, 0.717) is 6.10 Å². The second-order valence-corrected chi connectivity index (χ2v) is 3.91. The molecule has 1 aliphatic rings. The number of rotatable bonds is 3. The van der Waals surface area contributed by atoms with Crippen molar-refractivity contribution in [1.82, 2.24) is 5.32 Å². The highest BCUT2D eigenvalue weighted by Gasteiger charge is 2.14. The third-order valence-corrected chi connectivity index (χ3v) is 2.58. The van der Waals surface area contributed by atoms with E-state index in [1.807, 2.05) is 0 Å². The second-order valence-electron chi connectivity index (χ2n) is 3.91. The summed E-state index contributed by atoms with van der Waals surface area (Å²) in [5, 5.41) is 3.29. The van der Waals surface area contributed by atoms with Gasteiger partial charge in [-0.25, -0.2) is 0 Å². The molecule has 1 N–H and O–H groups in total. The van der Waals surface area contributed by atoms with Crippen LogP contribution in [0, 0.1) is 6.92 Å². The first-order valence-electron chi connectivity index (χ1n) is 5.22. The van der Waals surface area contributed by atoms with Crippen molar-refractivity contribution in [3.8, 4) is 0 Å². The van der Waals surface area contributed by atoms with Crippen LogP contribution < -0.4 is 5.32 Å². The molecule has 0 aromatic heterocycles. The minimum Gasteiger partial charge on any atom is -0.372 e.